The number of aliphatic imine (C=N–C) groups is 1. The lowest BCUT2D eigenvalue weighted by Gasteiger charge is -2.21. The summed E-state index contributed by atoms with van der Waals surface area (Å²) >= 11 is 1.20. The Morgan fingerprint density at radius 1 is 1.25 bits per heavy atom. The van der Waals surface area contributed by atoms with Crippen molar-refractivity contribution in [2.75, 3.05) is 4.90 Å². The monoisotopic (exact) mass is 350 g/mol. The summed E-state index contributed by atoms with van der Waals surface area (Å²) in [4.78, 5) is 29.8. The molecule has 1 aliphatic carbocycles. The molecule has 5 nitrogen and oxygen atoms in total. The molecule has 1 aromatic rings. The first kappa shape index (κ1) is 17.0. The fourth-order valence-corrected chi connectivity index (χ4v) is 4.24. The van der Waals surface area contributed by atoms with Gasteiger partial charge in [-0.05, 0) is 37.1 Å². The number of rotatable bonds is 4. The predicted octanol–water partition coefficient (Wildman–Crippen LogP) is 3.44. The standard InChI is InChI=1S/C17H19FN2O3S/c18-11-6-8-13(9-7-11)20-16(23)14(10-15(21)22)24-17(20)19-12-4-2-1-3-5-12/h6-9,12,14H,1-5,10H2,(H,21,22)/b19-17+. The highest BCUT2D eigenvalue weighted by molar-refractivity contribution is 8.16. The fraction of sp³-hybridized carbons (Fsp3) is 0.471. The highest BCUT2D eigenvalue weighted by atomic mass is 32.2. The van der Waals surface area contributed by atoms with Gasteiger partial charge >= 0.3 is 5.97 Å². The van der Waals surface area contributed by atoms with Crippen molar-refractivity contribution in [2.45, 2.75) is 49.8 Å². The van der Waals surface area contributed by atoms with E-state index < -0.39 is 11.2 Å². The summed E-state index contributed by atoms with van der Waals surface area (Å²) in [7, 11) is 0. The Morgan fingerprint density at radius 2 is 1.92 bits per heavy atom. The van der Waals surface area contributed by atoms with Crippen LogP contribution in [0.4, 0.5) is 10.1 Å². The van der Waals surface area contributed by atoms with Gasteiger partial charge in [-0.1, -0.05) is 31.0 Å². The van der Waals surface area contributed by atoms with Crippen LogP contribution in [-0.2, 0) is 9.59 Å². The quantitative estimate of drug-likeness (QED) is 0.903. The van der Waals surface area contributed by atoms with Crippen molar-refractivity contribution in [2.24, 2.45) is 4.99 Å². The third kappa shape index (κ3) is 3.77. The van der Waals surface area contributed by atoms with Gasteiger partial charge in [-0.2, -0.15) is 0 Å². The molecule has 1 unspecified atom stereocenters. The third-order valence-electron chi connectivity index (χ3n) is 4.25. The van der Waals surface area contributed by atoms with Gasteiger partial charge in [0.15, 0.2) is 5.17 Å². The Labute approximate surface area is 143 Å². The van der Waals surface area contributed by atoms with Gasteiger partial charge in [0, 0.05) is 0 Å². The van der Waals surface area contributed by atoms with Gasteiger partial charge < -0.3 is 5.11 Å². The predicted molar refractivity (Wildman–Crippen MR) is 91.8 cm³/mol. The molecular weight excluding hydrogens is 331 g/mol. The van der Waals surface area contributed by atoms with Crippen LogP contribution in [0.2, 0.25) is 0 Å². The number of amidine groups is 1. The maximum absolute atomic E-state index is 13.2. The number of hydrogen-bond acceptors (Lipinski definition) is 4. The largest absolute Gasteiger partial charge is 0.481 e. The summed E-state index contributed by atoms with van der Waals surface area (Å²) in [5.74, 6) is -1.70. The molecule has 1 aromatic carbocycles. The van der Waals surface area contributed by atoms with E-state index in [0.717, 1.165) is 25.7 Å². The molecule has 128 valence electrons. The van der Waals surface area contributed by atoms with Crippen LogP contribution in [0.1, 0.15) is 38.5 Å². The number of amides is 1. The molecule has 1 amide bonds. The average molecular weight is 350 g/mol. The third-order valence-corrected chi connectivity index (χ3v) is 5.40. The van der Waals surface area contributed by atoms with E-state index >= 15 is 0 Å². The van der Waals surface area contributed by atoms with Crippen LogP contribution >= 0.6 is 11.8 Å². The second kappa shape index (κ2) is 7.34. The zero-order valence-corrected chi connectivity index (χ0v) is 14.0. The van der Waals surface area contributed by atoms with Gasteiger partial charge in [-0.15, -0.1) is 0 Å². The van der Waals surface area contributed by atoms with Gasteiger partial charge in [-0.3, -0.25) is 19.5 Å². The molecule has 7 heteroatoms. The first-order valence-corrected chi connectivity index (χ1v) is 8.98. The molecule has 24 heavy (non-hydrogen) atoms. The summed E-state index contributed by atoms with van der Waals surface area (Å²) in [6, 6.07) is 5.78. The van der Waals surface area contributed by atoms with Crippen molar-refractivity contribution in [3.05, 3.63) is 30.1 Å². The number of carboxylic acid groups (broad SMARTS) is 1. The van der Waals surface area contributed by atoms with Crippen LogP contribution in [0.25, 0.3) is 0 Å². The van der Waals surface area contributed by atoms with Crippen LogP contribution < -0.4 is 4.90 Å². The molecule has 1 aliphatic heterocycles. The number of anilines is 1. The number of carbonyl (C=O) groups excluding carboxylic acids is 1. The molecule has 1 saturated carbocycles. The van der Waals surface area contributed by atoms with Crippen molar-refractivity contribution < 1.29 is 19.1 Å². The van der Waals surface area contributed by atoms with Gasteiger partial charge in [0.25, 0.3) is 0 Å². The van der Waals surface area contributed by atoms with E-state index in [2.05, 4.69) is 0 Å². The first-order chi connectivity index (χ1) is 11.5. The first-order valence-electron chi connectivity index (χ1n) is 8.10. The summed E-state index contributed by atoms with van der Waals surface area (Å²) in [6.45, 7) is 0. The minimum absolute atomic E-state index is 0.167. The number of benzene rings is 1. The molecule has 1 heterocycles. The Bertz CT molecular complexity index is 656. The van der Waals surface area contributed by atoms with Gasteiger partial charge in [0.2, 0.25) is 5.91 Å². The van der Waals surface area contributed by atoms with Crippen LogP contribution in [0.3, 0.4) is 0 Å². The van der Waals surface area contributed by atoms with E-state index in [0.29, 0.717) is 10.9 Å². The summed E-state index contributed by atoms with van der Waals surface area (Å²) < 4.78 is 13.2. The fourth-order valence-electron chi connectivity index (χ4n) is 3.04. The Kier molecular flexibility index (Phi) is 5.18. The molecule has 2 aliphatic rings. The Balaban J connectivity index is 1.90. The van der Waals surface area contributed by atoms with Crippen LogP contribution in [-0.4, -0.2) is 33.4 Å². The number of aliphatic carboxylic acids is 1. The Hall–Kier alpha value is -1.89. The minimum Gasteiger partial charge on any atom is -0.481 e. The van der Waals surface area contributed by atoms with Crippen molar-refractivity contribution >= 4 is 34.5 Å². The molecule has 0 radical (unpaired) electrons. The van der Waals surface area contributed by atoms with Crippen molar-refractivity contribution in [3.63, 3.8) is 0 Å². The highest BCUT2D eigenvalue weighted by Crippen LogP contribution is 2.35. The van der Waals surface area contributed by atoms with Crippen LogP contribution in [0, 0.1) is 5.82 Å². The minimum atomic E-state index is -1.01. The van der Waals surface area contributed by atoms with Gasteiger partial charge in [-0.25, -0.2) is 4.39 Å². The van der Waals surface area contributed by atoms with Crippen molar-refractivity contribution in [1.82, 2.24) is 0 Å². The van der Waals surface area contributed by atoms with E-state index in [1.165, 1.54) is 47.3 Å². The van der Waals surface area contributed by atoms with E-state index in [1.54, 1.807) is 0 Å². The molecule has 0 aromatic heterocycles. The zero-order chi connectivity index (χ0) is 17.1. The molecule has 0 bridgehead atoms. The normalized spacial score (nSPS) is 23.9. The lowest BCUT2D eigenvalue weighted by Crippen LogP contribution is -2.33. The number of thioether (sulfide) groups is 1. The molecule has 0 spiro atoms. The van der Waals surface area contributed by atoms with Crippen molar-refractivity contribution in [1.29, 1.82) is 0 Å². The number of carbonyl (C=O) groups is 2. The summed E-state index contributed by atoms with van der Waals surface area (Å²) in [5, 5.41) is 8.87. The number of halogens is 1. The van der Waals surface area contributed by atoms with Gasteiger partial charge in [0.1, 0.15) is 11.1 Å². The second-order valence-corrected chi connectivity index (χ2v) is 7.23. The molecule has 1 N–H and O–H groups in total. The smallest absolute Gasteiger partial charge is 0.305 e. The molecule has 2 fully saturated rings. The van der Waals surface area contributed by atoms with Crippen molar-refractivity contribution in [3.8, 4) is 0 Å². The lowest BCUT2D eigenvalue weighted by molar-refractivity contribution is -0.138. The van der Waals surface area contributed by atoms with E-state index in [-0.39, 0.29) is 24.2 Å². The lowest BCUT2D eigenvalue weighted by atomic mass is 9.96. The number of hydrogen-bond donors (Lipinski definition) is 1. The van der Waals surface area contributed by atoms with Crippen LogP contribution in [0.5, 0.6) is 0 Å². The SMILES string of the molecule is O=C(O)CC1S/C(=N/C2CCCCC2)N(c2ccc(F)cc2)C1=O. The molecule has 3 rings (SSSR count). The number of nitrogens with zero attached hydrogens (tertiary/aromatic N) is 2. The summed E-state index contributed by atoms with van der Waals surface area (Å²) in [6.07, 6.45) is 5.17. The summed E-state index contributed by atoms with van der Waals surface area (Å²) in [5.41, 5.74) is 0.524. The zero-order valence-electron chi connectivity index (χ0n) is 13.2. The van der Waals surface area contributed by atoms with E-state index in [1.807, 2.05) is 0 Å². The van der Waals surface area contributed by atoms with E-state index in [4.69, 9.17) is 10.1 Å². The average Bonchev–Trinajstić information content (AvgIpc) is 2.84. The topological polar surface area (TPSA) is 70.0 Å². The maximum Gasteiger partial charge on any atom is 0.305 e. The molecular formula is C17H19FN2O3S. The van der Waals surface area contributed by atoms with Gasteiger partial charge in [0.05, 0.1) is 18.2 Å². The maximum atomic E-state index is 13.2. The Morgan fingerprint density at radius 3 is 2.54 bits per heavy atom. The highest BCUT2D eigenvalue weighted by Gasteiger charge is 2.40. The number of carboxylic acids is 1. The second-order valence-electron chi connectivity index (χ2n) is 6.06. The van der Waals surface area contributed by atoms with Crippen LogP contribution in [0.15, 0.2) is 29.3 Å². The molecule has 1 saturated heterocycles. The molecule has 1 atom stereocenters. The van der Waals surface area contributed by atoms with E-state index in [9.17, 15) is 14.0 Å².